The van der Waals surface area contributed by atoms with Crippen molar-refractivity contribution in [2.24, 2.45) is 11.8 Å². The molecule has 2 aromatic carbocycles. The summed E-state index contributed by atoms with van der Waals surface area (Å²) >= 11 is 0. The Hall–Kier alpha value is -4.18. The molecule has 0 spiro atoms. The second-order valence-corrected chi connectivity index (χ2v) is 12.2. The molecule has 0 unspecified atom stereocenters. The average Bonchev–Trinajstić information content (AvgIpc) is 3.01. The predicted octanol–water partition coefficient (Wildman–Crippen LogP) is 4.56. The van der Waals surface area contributed by atoms with E-state index in [2.05, 4.69) is 20.2 Å². The smallest absolute Gasteiger partial charge is 0.410 e. The lowest BCUT2D eigenvalue weighted by Crippen LogP contribution is -2.66. The fourth-order valence-corrected chi connectivity index (χ4v) is 6.58. The van der Waals surface area contributed by atoms with Crippen LogP contribution in [0, 0.1) is 25.7 Å². The summed E-state index contributed by atoms with van der Waals surface area (Å²) in [5.41, 5.74) is 3.99. The minimum Gasteiger partial charge on any atom is -0.445 e. The normalized spacial score (nSPS) is 23.5. The third-order valence-electron chi connectivity index (χ3n) is 9.11. The molecular formula is C34H42N6O4. The van der Waals surface area contributed by atoms with Crippen molar-refractivity contribution in [2.75, 3.05) is 44.2 Å². The van der Waals surface area contributed by atoms with Crippen LogP contribution in [0.5, 0.6) is 0 Å². The molecule has 10 heteroatoms. The Morgan fingerprint density at radius 1 is 0.773 bits per heavy atom. The Morgan fingerprint density at radius 3 is 1.89 bits per heavy atom. The first kappa shape index (κ1) is 29.9. The highest BCUT2D eigenvalue weighted by atomic mass is 16.6. The highest BCUT2D eigenvalue weighted by Crippen LogP contribution is 2.34. The standard InChI is InChI=1S/C20H24N4O2.C14H18N2O2/c1-14-10-15(2)22-19(21-14)23-9-8-17-11-24(18(17)12-23)20(25)26-13-16-6-4-3-5-7-16;17-14(18-10-11-4-2-1-3-5-11)16-9-12-6-7-15-8-13(12)16/h3-7,10,17-18H,8-9,11-13H2,1-2H3;1-5,12-13,15H,6-10H2/t17-,18-;12-,13-/m11/s1. The van der Waals surface area contributed by atoms with Gasteiger partial charge < -0.3 is 29.5 Å². The topological polar surface area (TPSA) is 100 Å². The summed E-state index contributed by atoms with van der Waals surface area (Å²) in [6.07, 6.45) is 1.83. The van der Waals surface area contributed by atoms with E-state index in [1.54, 1.807) is 0 Å². The van der Waals surface area contributed by atoms with E-state index < -0.39 is 0 Å². The van der Waals surface area contributed by atoms with E-state index in [1.165, 1.54) is 6.42 Å². The largest absolute Gasteiger partial charge is 0.445 e. The number of carbonyl (C=O) groups is 2. The summed E-state index contributed by atoms with van der Waals surface area (Å²) in [5.74, 6) is 2.00. The fourth-order valence-electron chi connectivity index (χ4n) is 6.58. The molecule has 3 aromatic rings. The lowest BCUT2D eigenvalue weighted by atomic mass is 9.83. The van der Waals surface area contributed by atoms with Gasteiger partial charge in [-0.1, -0.05) is 60.7 Å². The van der Waals surface area contributed by atoms with Crippen LogP contribution in [0.15, 0.2) is 66.7 Å². The number of aromatic nitrogens is 2. The third-order valence-corrected chi connectivity index (χ3v) is 9.11. The number of anilines is 1. The van der Waals surface area contributed by atoms with Crippen molar-refractivity contribution in [1.29, 1.82) is 0 Å². The van der Waals surface area contributed by atoms with Gasteiger partial charge in [-0.3, -0.25) is 0 Å². The first-order valence-electron chi connectivity index (χ1n) is 15.7. The predicted molar refractivity (Wildman–Crippen MR) is 167 cm³/mol. The van der Waals surface area contributed by atoms with Gasteiger partial charge in [0.05, 0.1) is 12.1 Å². The van der Waals surface area contributed by atoms with Gasteiger partial charge in [0, 0.05) is 50.0 Å². The molecule has 0 bridgehead atoms. The number of aryl methyl sites for hydroxylation is 2. The SMILES string of the molecule is Cc1cc(C)nc(N2CC[C@@H]3CN(C(=O)OCc4ccccc4)[C@@H]3C2)n1.O=C(OCc1ccccc1)N1C[C@H]2CCNC[C@H]21. The molecule has 1 N–H and O–H groups in total. The fraction of sp³-hybridized carbons (Fsp3) is 0.471. The maximum Gasteiger partial charge on any atom is 0.410 e. The molecular weight excluding hydrogens is 556 g/mol. The maximum absolute atomic E-state index is 12.5. The lowest BCUT2D eigenvalue weighted by Gasteiger charge is -2.52. The Morgan fingerprint density at radius 2 is 1.32 bits per heavy atom. The van der Waals surface area contributed by atoms with Crippen LogP contribution in [0.3, 0.4) is 0 Å². The minimum atomic E-state index is -0.224. The van der Waals surface area contributed by atoms with E-state index in [0.29, 0.717) is 31.1 Å². The molecule has 232 valence electrons. The highest BCUT2D eigenvalue weighted by Gasteiger charge is 2.46. The highest BCUT2D eigenvalue weighted by molar-refractivity contribution is 5.70. The molecule has 4 fully saturated rings. The van der Waals surface area contributed by atoms with Gasteiger partial charge >= 0.3 is 12.2 Å². The van der Waals surface area contributed by atoms with E-state index in [9.17, 15) is 9.59 Å². The lowest BCUT2D eigenvalue weighted by molar-refractivity contribution is -0.00993. The number of fused-ring (bicyclic) bond motifs is 2. The molecule has 5 heterocycles. The molecule has 10 nitrogen and oxygen atoms in total. The Balaban J connectivity index is 0.000000167. The van der Waals surface area contributed by atoms with Gasteiger partial charge in [-0.05, 0) is 56.3 Å². The number of nitrogens with zero attached hydrogens (tertiary/aromatic N) is 5. The Bertz CT molecular complexity index is 1400. The van der Waals surface area contributed by atoms with Crippen molar-refractivity contribution in [1.82, 2.24) is 25.1 Å². The Kier molecular flexibility index (Phi) is 9.26. The van der Waals surface area contributed by atoms with Crippen molar-refractivity contribution < 1.29 is 19.1 Å². The molecule has 4 aliphatic heterocycles. The summed E-state index contributed by atoms with van der Waals surface area (Å²) in [7, 11) is 0. The number of nitrogens with one attached hydrogen (secondary N) is 1. The van der Waals surface area contributed by atoms with Crippen molar-refractivity contribution >= 4 is 18.1 Å². The summed E-state index contributed by atoms with van der Waals surface area (Å²) in [6.45, 7) is 10.0. The summed E-state index contributed by atoms with van der Waals surface area (Å²) in [5, 5.41) is 3.33. The molecule has 0 aliphatic carbocycles. The number of likely N-dealkylation sites (tertiary alicyclic amines) is 2. The molecule has 4 saturated heterocycles. The first-order chi connectivity index (χ1) is 21.4. The second-order valence-electron chi connectivity index (χ2n) is 12.2. The van der Waals surface area contributed by atoms with Gasteiger partial charge in [-0.25, -0.2) is 19.6 Å². The number of hydrogen-bond donors (Lipinski definition) is 1. The number of rotatable bonds is 5. The van der Waals surface area contributed by atoms with Crippen molar-refractivity contribution in [2.45, 2.75) is 52.0 Å². The Labute approximate surface area is 259 Å². The molecule has 2 amide bonds. The van der Waals surface area contributed by atoms with E-state index in [4.69, 9.17) is 9.47 Å². The van der Waals surface area contributed by atoms with E-state index >= 15 is 0 Å². The van der Waals surface area contributed by atoms with Crippen LogP contribution in [0.1, 0.15) is 35.4 Å². The van der Waals surface area contributed by atoms with Crippen molar-refractivity contribution in [3.8, 4) is 0 Å². The zero-order chi connectivity index (χ0) is 30.5. The van der Waals surface area contributed by atoms with Crippen LogP contribution < -0.4 is 10.2 Å². The molecule has 0 saturated carbocycles. The van der Waals surface area contributed by atoms with Crippen molar-refractivity contribution in [3.05, 3.63) is 89.2 Å². The van der Waals surface area contributed by atoms with Gasteiger partial charge in [0.25, 0.3) is 0 Å². The number of ether oxygens (including phenoxy) is 2. The average molecular weight is 599 g/mol. The van der Waals surface area contributed by atoms with Gasteiger partial charge in [0.1, 0.15) is 13.2 Å². The van der Waals surface area contributed by atoms with Gasteiger partial charge in [-0.2, -0.15) is 0 Å². The molecule has 1 aromatic heterocycles. The summed E-state index contributed by atoms with van der Waals surface area (Å²) in [6, 6.07) is 22.1. The van der Waals surface area contributed by atoms with Crippen LogP contribution in [0.2, 0.25) is 0 Å². The third kappa shape index (κ3) is 6.96. The number of carbonyl (C=O) groups excluding carboxylic acids is 2. The van der Waals surface area contributed by atoms with E-state index in [0.717, 1.165) is 74.2 Å². The van der Waals surface area contributed by atoms with Crippen LogP contribution in [0.25, 0.3) is 0 Å². The van der Waals surface area contributed by atoms with Crippen LogP contribution >= 0.6 is 0 Å². The van der Waals surface area contributed by atoms with Crippen LogP contribution in [-0.2, 0) is 22.7 Å². The summed E-state index contributed by atoms with van der Waals surface area (Å²) < 4.78 is 10.8. The van der Waals surface area contributed by atoms with Gasteiger partial charge in [0.15, 0.2) is 0 Å². The first-order valence-corrected chi connectivity index (χ1v) is 15.7. The maximum atomic E-state index is 12.5. The number of amides is 2. The van der Waals surface area contributed by atoms with Gasteiger partial charge in [0.2, 0.25) is 5.95 Å². The zero-order valence-electron chi connectivity index (χ0n) is 25.6. The molecule has 44 heavy (non-hydrogen) atoms. The quantitative estimate of drug-likeness (QED) is 0.457. The van der Waals surface area contributed by atoms with Gasteiger partial charge in [-0.15, -0.1) is 0 Å². The summed E-state index contributed by atoms with van der Waals surface area (Å²) in [4.78, 5) is 39.4. The molecule has 4 atom stereocenters. The van der Waals surface area contributed by atoms with Crippen LogP contribution in [-0.4, -0.2) is 83.3 Å². The number of piperidine rings is 2. The van der Waals surface area contributed by atoms with E-state index in [1.807, 2.05) is 90.4 Å². The van der Waals surface area contributed by atoms with Crippen LogP contribution in [0.4, 0.5) is 15.5 Å². The number of benzene rings is 2. The minimum absolute atomic E-state index is 0.177. The second kappa shape index (κ2) is 13.6. The molecule has 4 aliphatic rings. The molecule has 7 rings (SSSR count). The van der Waals surface area contributed by atoms with E-state index in [-0.39, 0.29) is 18.2 Å². The monoisotopic (exact) mass is 598 g/mol. The zero-order valence-corrected chi connectivity index (χ0v) is 25.6. The molecule has 0 radical (unpaired) electrons. The van der Waals surface area contributed by atoms with Crippen molar-refractivity contribution in [3.63, 3.8) is 0 Å². The number of hydrogen-bond acceptors (Lipinski definition) is 8.